The Bertz CT molecular complexity index is 775. The summed E-state index contributed by atoms with van der Waals surface area (Å²) in [4.78, 5) is 23.9. The fourth-order valence-electron chi connectivity index (χ4n) is 1.61. The molecule has 0 amide bonds. The molecule has 92 valence electrons. The van der Waals surface area contributed by atoms with Crippen LogP contribution in [0.2, 0.25) is 0 Å². The Labute approximate surface area is 106 Å². The normalized spacial score (nSPS) is 11.7. The van der Waals surface area contributed by atoms with Gasteiger partial charge in [0, 0.05) is 10.8 Å². The van der Waals surface area contributed by atoms with Crippen molar-refractivity contribution in [3.8, 4) is 5.75 Å². The number of nitrogens with zero attached hydrogens (tertiary/aromatic N) is 1. The lowest BCUT2D eigenvalue weighted by Crippen LogP contribution is -2.37. The van der Waals surface area contributed by atoms with Crippen molar-refractivity contribution in [2.24, 2.45) is 10.8 Å². The van der Waals surface area contributed by atoms with Gasteiger partial charge < -0.3 is 10.5 Å². The maximum Gasteiger partial charge on any atom is 0.218 e. The van der Waals surface area contributed by atoms with Gasteiger partial charge in [-0.2, -0.15) is 5.10 Å². The van der Waals surface area contributed by atoms with Crippen LogP contribution in [0.5, 0.6) is 5.75 Å². The number of nitrogens with one attached hydrogen (secondary N) is 1. The summed E-state index contributed by atoms with van der Waals surface area (Å²) in [5.74, 6) is 0.499. The topological polar surface area (TPSA) is 93.8 Å². The standard InChI is InChI=1S/C11H9N3O3S/c1-17-5-2-3-6-7(4-5)10(16)8(9(6)15)13-14-11(12)18/h2-4H,1H3,(H3,12,14,18). The lowest BCUT2D eigenvalue weighted by atomic mass is 10.2. The average Bonchev–Trinajstić information content (AvgIpc) is 2.59. The number of rotatable bonds is 2. The van der Waals surface area contributed by atoms with Crippen molar-refractivity contribution >= 4 is 28.1 Å². The quantitative estimate of drug-likeness (QED) is 0.538. The highest BCUT2D eigenvalue weighted by Crippen LogP contribution is 2.14. The van der Waals surface area contributed by atoms with Crippen LogP contribution in [0.4, 0.5) is 0 Å². The van der Waals surface area contributed by atoms with E-state index in [9.17, 15) is 9.59 Å². The summed E-state index contributed by atoms with van der Waals surface area (Å²) in [7, 11) is 1.48. The zero-order chi connectivity index (χ0) is 13.3. The highest BCUT2D eigenvalue weighted by atomic mass is 32.1. The van der Waals surface area contributed by atoms with Crippen LogP contribution in [-0.4, -0.2) is 12.2 Å². The van der Waals surface area contributed by atoms with E-state index < -0.39 is 10.9 Å². The predicted molar refractivity (Wildman–Crippen MR) is 70.9 cm³/mol. The molecule has 3 N–H and O–H groups in total. The zero-order valence-electron chi connectivity index (χ0n) is 9.39. The largest absolute Gasteiger partial charge is 0.497 e. The van der Waals surface area contributed by atoms with E-state index in [-0.39, 0.29) is 15.9 Å². The number of thiocarbonyl (C=S) groups is 1. The Morgan fingerprint density at radius 1 is 1.33 bits per heavy atom. The fraction of sp³-hybridized carbons (Fsp3) is 0.0909. The second kappa shape index (κ2) is 4.53. The highest BCUT2D eigenvalue weighted by Gasteiger charge is 2.11. The van der Waals surface area contributed by atoms with Gasteiger partial charge in [-0.25, -0.2) is 0 Å². The second-order valence-corrected chi connectivity index (χ2v) is 3.95. The van der Waals surface area contributed by atoms with Gasteiger partial charge in [0.2, 0.25) is 10.9 Å². The van der Waals surface area contributed by atoms with Crippen LogP contribution < -0.4 is 32.1 Å². The first-order valence-electron chi connectivity index (χ1n) is 4.95. The van der Waals surface area contributed by atoms with Crippen LogP contribution in [-0.2, 0) is 0 Å². The lowest BCUT2D eigenvalue weighted by molar-refractivity contribution is 0.415. The van der Waals surface area contributed by atoms with Gasteiger partial charge in [-0.3, -0.25) is 15.0 Å². The van der Waals surface area contributed by atoms with Crippen LogP contribution >= 0.6 is 12.2 Å². The van der Waals surface area contributed by atoms with E-state index in [0.29, 0.717) is 11.1 Å². The molecule has 0 aliphatic rings. The minimum atomic E-state index is -0.474. The first-order chi connectivity index (χ1) is 8.54. The molecule has 0 unspecified atom stereocenters. The number of nitrogens with two attached hydrogens (primary N) is 1. The van der Waals surface area contributed by atoms with Gasteiger partial charge in [0.05, 0.1) is 7.11 Å². The van der Waals surface area contributed by atoms with E-state index in [1.54, 1.807) is 6.07 Å². The molecule has 0 saturated heterocycles. The van der Waals surface area contributed by atoms with Gasteiger partial charge in [0.25, 0.3) is 0 Å². The van der Waals surface area contributed by atoms with Gasteiger partial charge in [-0.1, -0.05) is 0 Å². The molecule has 0 radical (unpaired) electrons. The molecular formula is C11H9N3O3S. The highest BCUT2D eigenvalue weighted by molar-refractivity contribution is 7.80. The third-order valence-corrected chi connectivity index (χ3v) is 2.52. The molecule has 2 rings (SSSR count). The summed E-state index contributed by atoms with van der Waals surface area (Å²) in [5.41, 5.74) is 6.49. The van der Waals surface area contributed by atoms with Crippen molar-refractivity contribution in [1.29, 1.82) is 0 Å². The summed E-state index contributed by atoms with van der Waals surface area (Å²) in [6.45, 7) is 0. The molecule has 0 fully saturated rings. The van der Waals surface area contributed by atoms with Gasteiger partial charge >= 0.3 is 0 Å². The van der Waals surface area contributed by atoms with Gasteiger partial charge in [0.15, 0.2) is 10.5 Å². The summed E-state index contributed by atoms with van der Waals surface area (Å²) in [6, 6.07) is 4.63. The maximum absolute atomic E-state index is 12.0. The third-order valence-electron chi connectivity index (χ3n) is 2.42. The molecule has 2 aromatic carbocycles. The third kappa shape index (κ3) is 1.95. The molecule has 0 bridgehead atoms. The first kappa shape index (κ1) is 12.2. The Morgan fingerprint density at radius 2 is 2.00 bits per heavy atom. The van der Waals surface area contributed by atoms with Crippen LogP contribution in [0.15, 0.2) is 32.9 Å². The molecule has 0 spiro atoms. The minimum absolute atomic E-state index is 0.114. The van der Waals surface area contributed by atoms with Crippen molar-refractivity contribution in [2.75, 3.05) is 7.11 Å². The molecule has 6 nitrogen and oxygen atoms in total. The molecule has 0 aliphatic heterocycles. The van der Waals surface area contributed by atoms with E-state index in [1.165, 1.54) is 19.2 Å². The number of ether oxygens (including phenoxy) is 1. The monoisotopic (exact) mass is 263 g/mol. The Balaban J connectivity index is 2.78. The molecule has 18 heavy (non-hydrogen) atoms. The predicted octanol–water partition coefficient (Wildman–Crippen LogP) is -0.907. The van der Waals surface area contributed by atoms with Crippen LogP contribution in [0, 0.1) is 0 Å². The van der Waals surface area contributed by atoms with Crippen molar-refractivity contribution in [3.63, 3.8) is 0 Å². The van der Waals surface area contributed by atoms with Crippen LogP contribution in [0.25, 0.3) is 10.8 Å². The van der Waals surface area contributed by atoms with Gasteiger partial charge in [-0.15, -0.1) is 0 Å². The first-order valence-corrected chi connectivity index (χ1v) is 5.36. The molecule has 2 aromatic rings. The molecule has 7 heteroatoms. The van der Waals surface area contributed by atoms with Crippen LogP contribution in [0.3, 0.4) is 0 Å². The Kier molecular flexibility index (Phi) is 3.07. The van der Waals surface area contributed by atoms with Crippen molar-refractivity contribution in [2.45, 2.75) is 0 Å². The molecule has 0 aromatic heterocycles. The molecule has 0 heterocycles. The van der Waals surface area contributed by atoms with E-state index in [0.717, 1.165) is 0 Å². The maximum atomic E-state index is 12.0. The molecule has 0 aliphatic carbocycles. The number of fused-ring (bicyclic) bond motifs is 1. The van der Waals surface area contributed by atoms with Gasteiger partial charge in [-0.05, 0) is 30.4 Å². The number of hydrogen-bond acceptors (Lipinski definition) is 5. The zero-order valence-corrected chi connectivity index (χ0v) is 10.2. The van der Waals surface area contributed by atoms with E-state index in [4.69, 9.17) is 10.5 Å². The van der Waals surface area contributed by atoms with E-state index in [1.807, 2.05) is 0 Å². The number of hydrogen-bond donors (Lipinski definition) is 2. The molecule has 0 saturated carbocycles. The number of methoxy groups -OCH3 is 1. The smallest absolute Gasteiger partial charge is 0.218 e. The average molecular weight is 263 g/mol. The summed E-state index contributed by atoms with van der Waals surface area (Å²) >= 11 is 4.55. The van der Waals surface area contributed by atoms with Crippen molar-refractivity contribution in [3.05, 3.63) is 44.0 Å². The van der Waals surface area contributed by atoms with E-state index >= 15 is 0 Å². The second-order valence-electron chi connectivity index (χ2n) is 3.51. The lowest BCUT2D eigenvalue weighted by Gasteiger charge is -1.96. The molecular weight excluding hydrogens is 254 g/mol. The fourth-order valence-corrected chi connectivity index (χ4v) is 1.65. The van der Waals surface area contributed by atoms with Crippen molar-refractivity contribution in [1.82, 2.24) is 5.43 Å². The van der Waals surface area contributed by atoms with Gasteiger partial charge in [0.1, 0.15) is 5.75 Å². The number of benzene rings is 1. The van der Waals surface area contributed by atoms with Crippen molar-refractivity contribution < 1.29 is 4.74 Å². The van der Waals surface area contributed by atoms with E-state index in [2.05, 4.69) is 22.7 Å². The SMILES string of the molecule is COc1ccc2c(=O)c(=NNC(N)=S)c(=O)c2c1. The Morgan fingerprint density at radius 3 is 2.61 bits per heavy atom. The minimum Gasteiger partial charge on any atom is -0.497 e. The molecule has 0 atom stereocenters. The summed E-state index contributed by atoms with van der Waals surface area (Å²) < 4.78 is 5.00. The summed E-state index contributed by atoms with van der Waals surface area (Å²) in [6.07, 6.45) is 0. The summed E-state index contributed by atoms with van der Waals surface area (Å²) in [5, 5.41) is 3.83. The van der Waals surface area contributed by atoms with Crippen LogP contribution in [0.1, 0.15) is 0 Å². The Hall–Kier alpha value is -2.28.